The predicted octanol–water partition coefficient (Wildman–Crippen LogP) is 3.05. The van der Waals surface area contributed by atoms with Gasteiger partial charge in [-0.15, -0.1) is 11.3 Å². The molecule has 0 radical (unpaired) electrons. The Labute approximate surface area is 112 Å². The summed E-state index contributed by atoms with van der Waals surface area (Å²) in [6.45, 7) is 5.37. The van der Waals surface area contributed by atoms with E-state index < -0.39 is 0 Å². The van der Waals surface area contributed by atoms with Crippen molar-refractivity contribution in [2.45, 2.75) is 26.3 Å². The van der Waals surface area contributed by atoms with Gasteiger partial charge in [-0.2, -0.15) is 0 Å². The van der Waals surface area contributed by atoms with Gasteiger partial charge in [-0.25, -0.2) is 4.98 Å². The van der Waals surface area contributed by atoms with E-state index in [1.54, 1.807) is 11.3 Å². The van der Waals surface area contributed by atoms with Gasteiger partial charge in [0, 0.05) is 25.0 Å². The van der Waals surface area contributed by atoms with Crippen molar-refractivity contribution >= 4 is 11.3 Å². The van der Waals surface area contributed by atoms with Gasteiger partial charge in [-0.1, -0.05) is 24.3 Å². The summed E-state index contributed by atoms with van der Waals surface area (Å²) in [6, 6.07) is 8.84. The number of thiazole rings is 1. The van der Waals surface area contributed by atoms with Crippen LogP contribution in [-0.4, -0.2) is 23.0 Å². The van der Waals surface area contributed by atoms with Gasteiger partial charge in [0.25, 0.3) is 0 Å². The molecule has 0 fully saturated rings. The standard InChI is InChI=1S/C15H18N2S/c1-12-16-15(11-18-12)10-17-8-6-13-4-2-3-5-14(13)7-9-17/h2-5,11H,6-10H2,1H3. The summed E-state index contributed by atoms with van der Waals surface area (Å²) in [7, 11) is 0. The van der Waals surface area contributed by atoms with E-state index >= 15 is 0 Å². The monoisotopic (exact) mass is 258 g/mol. The van der Waals surface area contributed by atoms with Crippen LogP contribution in [0.2, 0.25) is 0 Å². The average Bonchev–Trinajstić information content (AvgIpc) is 2.68. The lowest BCUT2D eigenvalue weighted by molar-refractivity contribution is 0.276. The number of nitrogens with zero attached hydrogens (tertiary/aromatic N) is 2. The second kappa shape index (κ2) is 5.21. The van der Waals surface area contributed by atoms with E-state index in [0.717, 1.165) is 19.6 Å². The highest BCUT2D eigenvalue weighted by Gasteiger charge is 2.14. The van der Waals surface area contributed by atoms with Crippen molar-refractivity contribution < 1.29 is 0 Å². The smallest absolute Gasteiger partial charge is 0.0897 e. The molecule has 0 bridgehead atoms. The first-order valence-corrected chi connectivity index (χ1v) is 7.39. The number of hydrogen-bond donors (Lipinski definition) is 0. The van der Waals surface area contributed by atoms with E-state index in [1.807, 2.05) is 0 Å². The van der Waals surface area contributed by atoms with Crippen LogP contribution in [0, 0.1) is 6.92 Å². The fourth-order valence-corrected chi connectivity index (χ4v) is 3.19. The minimum Gasteiger partial charge on any atom is -0.297 e. The third-order valence-corrected chi connectivity index (χ3v) is 4.39. The maximum Gasteiger partial charge on any atom is 0.0897 e. The Morgan fingerprint density at radius 1 is 1.17 bits per heavy atom. The first kappa shape index (κ1) is 11.9. The van der Waals surface area contributed by atoms with Crippen LogP contribution in [0.1, 0.15) is 21.8 Å². The van der Waals surface area contributed by atoms with E-state index in [0.29, 0.717) is 0 Å². The van der Waals surface area contributed by atoms with Gasteiger partial charge >= 0.3 is 0 Å². The molecule has 0 atom stereocenters. The van der Waals surface area contributed by atoms with Crippen molar-refractivity contribution in [3.63, 3.8) is 0 Å². The van der Waals surface area contributed by atoms with E-state index in [-0.39, 0.29) is 0 Å². The molecule has 3 rings (SSSR count). The maximum absolute atomic E-state index is 4.56. The maximum atomic E-state index is 4.56. The third kappa shape index (κ3) is 2.62. The zero-order chi connectivity index (χ0) is 12.4. The topological polar surface area (TPSA) is 16.1 Å². The molecule has 0 saturated carbocycles. The summed E-state index contributed by atoms with van der Waals surface area (Å²) >= 11 is 1.75. The van der Waals surface area contributed by atoms with E-state index in [9.17, 15) is 0 Å². The number of benzene rings is 1. The van der Waals surface area contributed by atoms with Crippen molar-refractivity contribution in [2.24, 2.45) is 0 Å². The molecule has 3 heteroatoms. The Morgan fingerprint density at radius 2 is 1.83 bits per heavy atom. The quantitative estimate of drug-likeness (QED) is 0.823. The zero-order valence-corrected chi connectivity index (χ0v) is 11.5. The lowest BCUT2D eigenvalue weighted by Crippen LogP contribution is -2.26. The second-order valence-electron chi connectivity index (χ2n) is 4.90. The fraction of sp³-hybridized carbons (Fsp3) is 0.400. The molecular formula is C15H18N2S. The van der Waals surface area contributed by atoms with Crippen molar-refractivity contribution in [1.82, 2.24) is 9.88 Å². The average molecular weight is 258 g/mol. The molecule has 1 aromatic heterocycles. The van der Waals surface area contributed by atoms with Gasteiger partial charge in [0.2, 0.25) is 0 Å². The molecule has 1 aromatic carbocycles. The first-order valence-electron chi connectivity index (χ1n) is 6.51. The Bertz CT molecular complexity index is 506. The molecule has 2 nitrogen and oxygen atoms in total. The van der Waals surface area contributed by atoms with Gasteiger partial charge in [-0.05, 0) is 30.9 Å². The highest BCUT2D eigenvalue weighted by Crippen LogP contribution is 2.17. The van der Waals surface area contributed by atoms with Gasteiger partial charge in [0.05, 0.1) is 10.7 Å². The first-order chi connectivity index (χ1) is 8.81. The summed E-state index contributed by atoms with van der Waals surface area (Å²) in [4.78, 5) is 7.08. The van der Waals surface area contributed by atoms with Gasteiger partial charge < -0.3 is 0 Å². The molecule has 2 aromatic rings. The van der Waals surface area contributed by atoms with Crippen molar-refractivity contribution in [1.29, 1.82) is 0 Å². The summed E-state index contributed by atoms with van der Waals surface area (Å²) in [5.74, 6) is 0. The molecule has 0 saturated heterocycles. The molecular weight excluding hydrogens is 240 g/mol. The van der Waals surface area contributed by atoms with E-state index in [4.69, 9.17) is 0 Å². The lowest BCUT2D eigenvalue weighted by atomic mass is 10.0. The highest BCUT2D eigenvalue weighted by molar-refractivity contribution is 7.09. The minimum atomic E-state index is 0.998. The molecule has 2 heterocycles. The largest absolute Gasteiger partial charge is 0.297 e. The van der Waals surface area contributed by atoms with Crippen molar-refractivity contribution in [3.05, 3.63) is 51.5 Å². The normalized spacial score (nSPS) is 16.3. The van der Waals surface area contributed by atoms with Crippen LogP contribution in [0.15, 0.2) is 29.6 Å². The van der Waals surface area contributed by atoms with Crippen LogP contribution >= 0.6 is 11.3 Å². The lowest BCUT2D eigenvalue weighted by Gasteiger charge is -2.18. The Hall–Kier alpha value is -1.19. The summed E-state index contributed by atoms with van der Waals surface area (Å²) < 4.78 is 0. The molecule has 94 valence electrons. The molecule has 0 N–H and O–H groups in total. The predicted molar refractivity (Wildman–Crippen MR) is 76.0 cm³/mol. The second-order valence-corrected chi connectivity index (χ2v) is 5.96. The van der Waals surface area contributed by atoms with Gasteiger partial charge in [-0.3, -0.25) is 4.90 Å². The van der Waals surface area contributed by atoms with Crippen molar-refractivity contribution in [2.75, 3.05) is 13.1 Å². The summed E-state index contributed by atoms with van der Waals surface area (Å²) in [5, 5.41) is 3.36. The third-order valence-electron chi connectivity index (χ3n) is 3.57. The van der Waals surface area contributed by atoms with Gasteiger partial charge in [0.15, 0.2) is 0 Å². The number of rotatable bonds is 2. The highest BCUT2D eigenvalue weighted by atomic mass is 32.1. The van der Waals surface area contributed by atoms with Crippen LogP contribution in [0.3, 0.4) is 0 Å². The molecule has 0 unspecified atom stereocenters. The SMILES string of the molecule is Cc1nc(CN2CCc3ccccc3CC2)cs1. The molecule has 0 spiro atoms. The molecule has 1 aliphatic heterocycles. The fourth-order valence-electron chi connectivity index (χ4n) is 2.58. The van der Waals surface area contributed by atoms with Crippen LogP contribution in [-0.2, 0) is 19.4 Å². The summed E-state index contributed by atoms with van der Waals surface area (Å²) in [6.07, 6.45) is 2.33. The molecule has 0 aliphatic carbocycles. The van der Waals surface area contributed by atoms with E-state index in [1.165, 1.54) is 34.7 Å². The number of hydrogen-bond acceptors (Lipinski definition) is 3. The zero-order valence-electron chi connectivity index (χ0n) is 10.7. The Balaban J connectivity index is 1.68. The summed E-state index contributed by atoms with van der Waals surface area (Å²) in [5.41, 5.74) is 4.27. The number of fused-ring (bicyclic) bond motifs is 1. The molecule has 0 amide bonds. The Morgan fingerprint density at radius 3 is 2.39 bits per heavy atom. The van der Waals surface area contributed by atoms with E-state index in [2.05, 4.69) is 46.5 Å². The van der Waals surface area contributed by atoms with Gasteiger partial charge in [0.1, 0.15) is 0 Å². The molecule has 18 heavy (non-hydrogen) atoms. The van der Waals surface area contributed by atoms with Crippen LogP contribution in [0.5, 0.6) is 0 Å². The number of aromatic nitrogens is 1. The minimum absolute atomic E-state index is 0.998. The van der Waals surface area contributed by atoms with Crippen molar-refractivity contribution in [3.8, 4) is 0 Å². The van der Waals surface area contributed by atoms with Crippen LogP contribution < -0.4 is 0 Å². The Kier molecular flexibility index (Phi) is 3.43. The number of aryl methyl sites for hydroxylation is 1. The van der Waals surface area contributed by atoms with Crippen LogP contribution in [0.25, 0.3) is 0 Å². The molecule has 1 aliphatic rings. The van der Waals surface area contributed by atoms with Crippen LogP contribution in [0.4, 0.5) is 0 Å².